The van der Waals surface area contributed by atoms with Crippen LogP contribution in [0.4, 0.5) is 5.69 Å². The minimum atomic E-state index is -0.486. The number of fused-ring (bicyclic) bond motifs is 1. The molecule has 4 heteroatoms. The van der Waals surface area contributed by atoms with Crippen molar-refractivity contribution < 1.29 is 14.3 Å². The van der Waals surface area contributed by atoms with Crippen LogP contribution in [0.1, 0.15) is 50.3 Å². The highest BCUT2D eigenvalue weighted by atomic mass is 16.7. The summed E-state index contributed by atoms with van der Waals surface area (Å²) in [6, 6.07) is 20.7. The molecule has 1 heterocycles. The smallest absolute Gasteiger partial charge is 0.235 e. The van der Waals surface area contributed by atoms with Gasteiger partial charge in [-0.25, -0.2) is 0 Å². The van der Waals surface area contributed by atoms with Crippen LogP contribution in [0.5, 0.6) is 11.5 Å². The summed E-state index contributed by atoms with van der Waals surface area (Å²) in [6.45, 7) is 9.00. The van der Waals surface area contributed by atoms with Crippen LogP contribution in [-0.2, 0) is 15.6 Å². The van der Waals surface area contributed by atoms with E-state index in [2.05, 4.69) is 69.4 Å². The average molecular weight is 428 g/mol. The first kappa shape index (κ1) is 20.6. The zero-order valence-electron chi connectivity index (χ0n) is 19.1. The van der Waals surface area contributed by atoms with Crippen molar-refractivity contribution in [2.75, 3.05) is 12.1 Å². The van der Waals surface area contributed by atoms with E-state index in [1.54, 1.807) is 0 Å². The summed E-state index contributed by atoms with van der Waals surface area (Å²) in [5.74, 6) is 1.50. The van der Waals surface area contributed by atoms with Crippen LogP contribution in [0.3, 0.4) is 0 Å². The van der Waals surface area contributed by atoms with Gasteiger partial charge in [0.2, 0.25) is 12.7 Å². The van der Waals surface area contributed by atoms with Crippen LogP contribution in [0.2, 0.25) is 0 Å². The van der Waals surface area contributed by atoms with E-state index in [1.165, 1.54) is 11.1 Å². The molecule has 32 heavy (non-hydrogen) atoms. The number of carbonyl (C=O) groups is 1. The highest BCUT2D eigenvalue weighted by Gasteiger charge is 2.51. The highest BCUT2D eigenvalue weighted by Crippen LogP contribution is 2.51. The molecule has 1 aliphatic carbocycles. The lowest BCUT2D eigenvalue weighted by Crippen LogP contribution is -2.27. The second-order valence-electron chi connectivity index (χ2n) is 9.96. The number of benzene rings is 3. The van der Waals surface area contributed by atoms with Gasteiger partial charge in [0.15, 0.2) is 11.5 Å². The molecule has 1 fully saturated rings. The van der Waals surface area contributed by atoms with Crippen LogP contribution in [0.25, 0.3) is 11.1 Å². The Kier molecular flexibility index (Phi) is 4.77. The summed E-state index contributed by atoms with van der Waals surface area (Å²) in [5.41, 5.74) is 6.23. The van der Waals surface area contributed by atoms with E-state index >= 15 is 0 Å². The molecular formula is C28H29NO3. The Morgan fingerprint density at radius 1 is 0.906 bits per heavy atom. The molecular weight excluding hydrogens is 398 g/mol. The molecule has 1 saturated carbocycles. The lowest BCUT2D eigenvalue weighted by atomic mass is 9.86. The van der Waals surface area contributed by atoms with Gasteiger partial charge >= 0.3 is 0 Å². The number of carbonyl (C=O) groups excluding carboxylic acids is 1. The molecule has 1 amide bonds. The molecule has 164 valence electrons. The highest BCUT2D eigenvalue weighted by molar-refractivity contribution is 6.02. The fourth-order valence-corrected chi connectivity index (χ4v) is 4.38. The van der Waals surface area contributed by atoms with Gasteiger partial charge in [-0.2, -0.15) is 0 Å². The maximum atomic E-state index is 13.3. The summed E-state index contributed by atoms with van der Waals surface area (Å²) in [6.07, 6.45) is 1.68. The van der Waals surface area contributed by atoms with E-state index < -0.39 is 5.41 Å². The lowest BCUT2D eigenvalue weighted by molar-refractivity contribution is -0.118. The van der Waals surface area contributed by atoms with Crippen molar-refractivity contribution >= 4 is 11.6 Å². The minimum absolute atomic E-state index is 0.0363. The number of aryl methyl sites for hydroxylation is 1. The fourth-order valence-electron chi connectivity index (χ4n) is 4.38. The molecule has 0 atom stereocenters. The zero-order chi connectivity index (χ0) is 22.5. The lowest BCUT2D eigenvalue weighted by Gasteiger charge is -2.20. The molecule has 1 aliphatic heterocycles. The van der Waals surface area contributed by atoms with Crippen LogP contribution >= 0.6 is 0 Å². The second kappa shape index (κ2) is 7.40. The molecule has 0 aromatic heterocycles. The average Bonchev–Trinajstić information content (AvgIpc) is 3.45. The first-order chi connectivity index (χ1) is 15.3. The number of hydrogen-bond donors (Lipinski definition) is 1. The molecule has 0 radical (unpaired) electrons. The number of amides is 1. The Morgan fingerprint density at radius 3 is 2.31 bits per heavy atom. The van der Waals surface area contributed by atoms with Crippen LogP contribution < -0.4 is 14.8 Å². The van der Waals surface area contributed by atoms with Crippen LogP contribution in [0.15, 0.2) is 60.7 Å². The van der Waals surface area contributed by atoms with Gasteiger partial charge in [0, 0.05) is 5.69 Å². The standard InChI is InChI=1S/C28H29NO3/c1-18-5-11-22(16-23(18)19-6-8-20(9-7-19)27(2,3)4)29-26(30)28(13-14-28)21-10-12-24-25(15-21)32-17-31-24/h5-12,15-16H,13-14,17H2,1-4H3,(H,29,30). The predicted molar refractivity (Wildman–Crippen MR) is 127 cm³/mol. The normalized spacial score (nSPS) is 16.0. The first-order valence-corrected chi connectivity index (χ1v) is 11.2. The summed E-state index contributed by atoms with van der Waals surface area (Å²) >= 11 is 0. The molecule has 0 unspecified atom stereocenters. The monoisotopic (exact) mass is 427 g/mol. The van der Waals surface area contributed by atoms with Gasteiger partial charge in [-0.3, -0.25) is 4.79 Å². The van der Waals surface area contributed by atoms with Crippen molar-refractivity contribution in [2.24, 2.45) is 0 Å². The Balaban J connectivity index is 1.39. The van der Waals surface area contributed by atoms with Crippen molar-refractivity contribution in [3.63, 3.8) is 0 Å². The Hall–Kier alpha value is -3.27. The molecule has 2 aliphatic rings. The van der Waals surface area contributed by atoms with Gasteiger partial charge in [-0.1, -0.05) is 57.2 Å². The number of ether oxygens (including phenoxy) is 2. The van der Waals surface area contributed by atoms with Gasteiger partial charge in [0.1, 0.15) is 0 Å². The van der Waals surface area contributed by atoms with Crippen molar-refractivity contribution in [1.82, 2.24) is 0 Å². The molecule has 3 aromatic rings. The maximum absolute atomic E-state index is 13.3. The second-order valence-corrected chi connectivity index (χ2v) is 9.96. The van der Waals surface area contributed by atoms with Gasteiger partial charge in [0.05, 0.1) is 5.41 Å². The molecule has 4 nitrogen and oxygen atoms in total. The molecule has 5 rings (SSSR count). The van der Waals surface area contributed by atoms with Crippen molar-refractivity contribution in [2.45, 2.75) is 51.4 Å². The summed E-state index contributed by atoms with van der Waals surface area (Å²) in [4.78, 5) is 13.3. The molecule has 0 bridgehead atoms. The number of rotatable bonds is 4. The van der Waals surface area contributed by atoms with Crippen molar-refractivity contribution in [3.05, 3.63) is 77.4 Å². The Bertz CT molecular complexity index is 1180. The first-order valence-electron chi connectivity index (χ1n) is 11.2. The largest absolute Gasteiger partial charge is 0.454 e. The van der Waals surface area contributed by atoms with E-state index in [9.17, 15) is 4.79 Å². The third-order valence-electron chi connectivity index (χ3n) is 6.67. The van der Waals surface area contributed by atoms with Gasteiger partial charge in [-0.05, 0) is 77.3 Å². The van der Waals surface area contributed by atoms with E-state index in [4.69, 9.17) is 9.47 Å². The van der Waals surface area contributed by atoms with E-state index in [-0.39, 0.29) is 18.1 Å². The van der Waals surface area contributed by atoms with Crippen molar-refractivity contribution in [3.8, 4) is 22.6 Å². The number of nitrogens with one attached hydrogen (secondary N) is 1. The van der Waals surface area contributed by atoms with Gasteiger partial charge < -0.3 is 14.8 Å². The maximum Gasteiger partial charge on any atom is 0.235 e. The third-order valence-corrected chi connectivity index (χ3v) is 6.67. The predicted octanol–water partition coefficient (Wildman–Crippen LogP) is 6.36. The van der Waals surface area contributed by atoms with Crippen LogP contribution in [-0.4, -0.2) is 12.7 Å². The fraction of sp³-hybridized carbons (Fsp3) is 0.321. The zero-order valence-corrected chi connectivity index (χ0v) is 19.1. The van der Waals surface area contributed by atoms with Crippen LogP contribution in [0, 0.1) is 6.92 Å². The Morgan fingerprint density at radius 2 is 1.62 bits per heavy atom. The number of anilines is 1. The minimum Gasteiger partial charge on any atom is -0.454 e. The summed E-state index contributed by atoms with van der Waals surface area (Å²) < 4.78 is 10.9. The molecule has 1 N–H and O–H groups in total. The summed E-state index contributed by atoms with van der Waals surface area (Å²) in [7, 11) is 0. The third kappa shape index (κ3) is 3.64. The number of hydrogen-bond acceptors (Lipinski definition) is 3. The molecule has 3 aromatic carbocycles. The molecule has 0 spiro atoms. The van der Waals surface area contributed by atoms with E-state index in [0.717, 1.165) is 46.7 Å². The quantitative estimate of drug-likeness (QED) is 0.527. The molecule has 0 saturated heterocycles. The van der Waals surface area contributed by atoms with Crippen molar-refractivity contribution in [1.29, 1.82) is 0 Å². The SMILES string of the molecule is Cc1ccc(NC(=O)C2(c3ccc4c(c3)OCO4)CC2)cc1-c1ccc(C(C)(C)C)cc1. The van der Waals surface area contributed by atoms with E-state index in [1.807, 2.05) is 24.3 Å². The van der Waals surface area contributed by atoms with Gasteiger partial charge in [-0.15, -0.1) is 0 Å². The van der Waals surface area contributed by atoms with Gasteiger partial charge in [0.25, 0.3) is 0 Å². The Labute approximate surface area is 189 Å². The van der Waals surface area contributed by atoms with E-state index in [0.29, 0.717) is 0 Å². The summed E-state index contributed by atoms with van der Waals surface area (Å²) in [5, 5.41) is 3.17. The topological polar surface area (TPSA) is 47.6 Å².